The lowest BCUT2D eigenvalue weighted by Gasteiger charge is -2.17. The van der Waals surface area contributed by atoms with Gasteiger partial charge in [0.05, 0.1) is 6.04 Å². The molecule has 0 aliphatic carbocycles. The Morgan fingerprint density at radius 1 is 1.19 bits per heavy atom. The van der Waals surface area contributed by atoms with Crippen molar-refractivity contribution in [1.29, 1.82) is 0 Å². The number of nitrogens with zero attached hydrogens (tertiary/aromatic N) is 1. The van der Waals surface area contributed by atoms with E-state index in [4.69, 9.17) is 4.74 Å². The lowest BCUT2D eigenvalue weighted by molar-refractivity contribution is -0.123. The molecule has 1 aliphatic rings. The molecule has 5 nitrogen and oxygen atoms in total. The fourth-order valence-electron chi connectivity index (χ4n) is 3.23. The number of aryl methyl sites for hydroxylation is 1. The first kappa shape index (κ1) is 18.0. The summed E-state index contributed by atoms with van der Waals surface area (Å²) in [7, 11) is 0. The number of benzene rings is 2. The van der Waals surface area contributed by atoms with Crippen LogP contribution in [-0.2, 0) is 9.59 Å². The van der Waals surface area contributed by atoms with Gasteiger partial charge in [-0.2, -0.15) is 0 Å². The summed E-state index contributed by atoms with van der Waals surface area (Å²) in [6.07, 6.45) is 1.51. The second-order valence-electron chi connectivity index (χ2n) is 6.58. The predicted molar refractivity (Wildman–Crippen MR) is 101 cm³/mol. The summed E-state index contributed by atoms with van der Waals surface area (Å²) in [6, 6.07) is 15.2. The van der Waals surface area contributed by atoms with Crippen molar-refractivity contribution in [2.75, 3.05) is 18.1 Å². The minimum absolute atomic E-state index is 0.0434. The Labute approximate surface area is 154 Å². The summed E-state index contributed by atoms with van der Waals surface area (Å²) >= 11 is 0. The van der Waals surface area contributed by atoms with Gasteiger partial charge in [0.1, 0.15) is 5.75 Å². The van der Waals surface area contributed by atoms with Gasteiger partial charge in [-0.05, 0) is 55.7 Å². The van der Waals surface area contributed by atoms with Crippen molar-refractivity contribution in [3.63, 3.8) is 0 Å². The summed E-state index contributed by atoms with van der Waals surface area (Å²) in [5, 5.41) is 2.95. The topological polar surface area (TPSA) is 58.6 Å². The Kier molecular flexibility index (Phi) is 5.56. The minimum atomic E-state index is -0.167. The summed E-state index contributed by atoms with van der Waals surface area (Å²) < 4.78 is 5.56. The van der Waals surface area contributed by atoms with E-state index in [1.807, 2.05) is 50.2 Å². The highest BCUT2D eigenvalue weighted by molar-refractivity contribution is 5.95. The number of hydrogen-bond donors (Lipinski definition) is 1. The number of carbonyl (C=O) groups excluding carboxylic acids is 2. The average molecular weight is 352 g/mol. The van der Waals surface area contributed by atoms with E-state index in [0.717, 1.165) is 29.8 Å². The summed E-state index contributed by atoms with van der Waals surface area (Å²) in [6.45, 7) is 4.71. The Morgan fingerprint density at radius 3 is 2.58 bits per heavy atom. The zero-order valence-electron chi connectivity index (χ0n) is 15.2. The summed E-state index contributed by atoms with van der Waals surface area (Å²) in [5.41, 5.74) is 3.12. The SMILES string of the molecule is Cc1ccccc1[C@H](C)NC(=O)COc1ccc(N2CCCC2=O)cc1. The van der Waals surface area contributed by atoms with Crippen molar-refractivity contribution in [1.82, 2.24) is 5.32 Å². The normalized spacial score (nSPS) is 15.0. The Bertz CT molecular complexity index is 786. The molecule has 1 heterocycles. The molecule has 1 saturated heterocycles. The molecule has 2 aromatic rings. The van der Waals surface area contributed by atoms with E-state index in [0.29, 0.717) is 12.2 Å². The van der Waals surface area contributed by atoms with E-state index in [9.17, 15) is 9.59 Å². The van der Waals surface area contributed by atoms with Crippen LogP contribution in [0.1, 0.15) is 36.9 Å². The van der Waals surface area contributed by atoms with Gasteiger partial charge in [0.2, 0.25) is 5.91 Å². The van der Waals surface area contributed by atoms with Gasteiger partial charge in [-0.15, -0.1) is 0 Å². The van der Waals surface area contributed by atoms with Gasteiger partial charge in [-0.3, -0.25) is 9.59 Å². The molecular formula is C21H24N2O3. The molecule has 1 N–H and O–H groups in total. The number of anilines is 1. The highest BCUT2D eigenvalue weighted by Crippen LogP contribution is 2.24. The largest absolute Gasteiger partial charge is 0.484 e. The van der Waals surface area contributed by atoms with E-state index in [-0.39, 0.29) is 24.5 Å². The van der Waals surface area contributed by atoms with Crippen molar-refractivity contribution in [3.8, 4) is 5.75 Å². The number of ether oxygens (including phenoxy) is 1. The predicted octanol–water partition coefficient (Wildman–Crippen LogP) is 3.38. The van der Waals surface area contributed by atoms with Crippen LogP contribution >= 0.6 is 0 Å². The Hall–Kier alpha value is -2.82. The monoisotopic (exact) mass is 352 g/mol. The summed E-state index contributed by atoms with van der Waals surface area (Å²) in [5.74, 6) is 0.599. The smallest absolute Gasteiger partial charge is 0.258 e. The third-order valence-electron chi connectivity index (χ3n) is 4.62. The zero-order chi connectivity index (χ0) is 18.5. The van der Waals surface area contributed by atoms with E-state index < -0.39 is 0 Å². The number of amides is 2. The van der Waals surface area contributed by atoms with Crippen LogP contribution in [0.2, 0.25) is 0 Å². The van der Waals surface area contributed by atoms with Gasteiger partial charge in [0, 0.05) is 18.7 Å². The van der Waals surface area contributed by atoms with Crippen LogP contribution in [0.15, 0.2) is 48.5 Å². The third-order valence-corrected chi connectivity index (χ3v) is 4.62. The first-order chi connectivity index (χ1) is 12.5. The molecule has 136 valence electrons. The minimum Gasteiger partial charge on any atom is -0.484 e. The molecule has 26 heavy (non-hydrogen) atoms. The fraction of sp³-hybridized carbons (Fsp3) is 0.333. The average Bonchev–Trinajstić information content (AvgIpc) is 3.06. The van der Waals surface area contributed by atoms with Gasteiger partial charge < -0.3 is 15.0 Å². The standard InChI is InChI=1S/C21H24N2O3/c1-15-6-3-4-7-19(15)16(2)22-20(24)14-26-18-11-9-17(10-12-18)23-13-5-8-21(23)25/h3-4,6-7,9-12,16H,5,8,13-14H2,1-2H3,(H,22,24)/t16-/m0/s1. The Balaban J connectivity index is 1.51. The molecule has 0 saturated carbocycles. The molecule has 0 radical (unpaired) electrons. The van der Waals surface area contributed by atoms with Crippen molar-refractivity contribution >= 4 is 17.5 Å². The maximum Gasteiger partial charge on any atom is 0.258 e. The van der Waals surface area contributed by atoms with Crippen molar-refractivity contribution < 1.29 is 14.3 Å². The van der Waals surface area contributed by atoms with Crippen LogP contribution in [0, 0.1) is 6.92 Å². The van der Waals surface area contributed by atoms with Gasteiger partial charge in [-0.1, -0.05) is 24.3 Å². The molecular weight excluding hydrogens is 328 g/mol. The lowest BCUT2D eigenvalue weighted by atomic mass is 10.0. The van der Waals surface area contributed by atoms with Gasteiger partial charge in [0.15, 0.2) is 6.61 Å². The van der Waals surface area contributed by atoms with Crippen molar-refractivity contribution in [2.24, 2.45) is 0 Å². The van der Waals surface area contributed by atoms with Crippen LogP contribution in [0.3, 0.4) is 0 Å². The number of rotatable bonds is 6. The third kappa shape index (κ3) is 4.23. The first-order valence-corrected chi connectivity index (χ1v) is 8.93. The maximum atomic E-state index is 12.1. The van der Waals surface area contributed by atoms with Crippen LogP contribution in [-0.4, -0.2) is 25.0 Å². The van der Waals surface area contributed by atoms with Crippen LogP contribution in [0.4, 0.5) is 5.69 Å². The van der Waals surface area contributed by atoms with Crippen LogP contribution in [0.5, 0.6) is 5.75 Å². The molecule has 2 aromatic carbocycles. The molecule has 5 heteroatoms. The second-order valence-corrected chi connectivity index (χ2v) is 6.58. The molecule has 3 rings (SSSR count). The van der Waals surface area contributed by atoms with E-state index >= 15 is 0 Å². The quantitative estimate of drug-likeness (QED) is 0.867. The molecule has 2 amide bonds. The van der Waals surface area contributed by atoms with Gasteiger partial charge >= 0.3 is 0 Å². The highest BCUT2D eigenvalue weighted by Gasteiger charge is 2.21. The van der Waals surface area contributed by atoms with Crippen LogP contribution in [0.25, 0.3) is 0 Å². The highest BCUT2D eigenvalue weighted by atomic mass is 16.5. The summed E-state index contributed by atoms with van der Waals surface area (Å²) in [4.78, 5) is 25.7. The van der Waals surface area contributed by atoms with Gasteiger partial charge in [-0.25, -0.2) is 0 Å². The fourth-order valence-corrected chi connectivity index (χ4v) is 3.23. The Morgan fingerprint density at radius 2 is 1.92 bits per heavy atom. The lowest BCUT2D eigenvalue weighted by Crippen LogP contribution is -2.31. The number of nitrogens with one attached hydrogen (secondary N) is 1. The molecule has 0 bridgehead atoms. The molecule has 0 aromatic heterocycles. The van der Waals surface area contributed by atoms with Crippen LogP contribution < -0.4 is 15.0 Å². The molecule has 1 fully saturated rings. The molecule has 1 atom stereocenters. The molecule has 1 aliphatic heterocycles. The second kappa shape index (κ2) is 8.04. The molecule has 0 spiro atoms. The first-order valence-electron chi connectivity index (χ1n) is 8.93. The number of carbonyl (C=O) groups is 2. The van der Waals surface area contributed by atoms with Gasteiger partial charge in [0.25, 0.3) is 5.91 Å². The van der Waals surface area contributed by atoms with Crippen molar-refractivity contribution in [2.45, 2.75) is 32.7 Å². The van der Waals surface area contributed by atoms with Crippen molar-refractivity contribution in [3.05, 3.63) is 59.7 Å². The zero-order valence-corrected chi connectivity index (χ0v) is 15.2. The van der Waals surface area contributed by atoms with E-state index in [2.05, 4.69) is 5.32 Å². The van der Waals surface area contributed by atoms with E-state index in [1.165, 1.54) is 0 Å². The van der Waals surface area contributed by atoms with E-state index in [1.54, 1.807) is 17.0 Å². The maximum absolute atomic E-state index is 12.1. The number of hydrogen-bond acceptors (Lipinski definition) is 3. The molecule has 0 unspecified atom stereocenters.